The van der Waals surface area contributed by atoms with Crippen molar-refractivity contribution in [3.05, 3.63) is 12.7 Å². The molecule has 1 saturated heterocycles. The molecule has 3 nitrogen and oxygen atoms in total. The van der Waals surface area contributed by atoms with Crippen molar-refractivity contribution >= 4 is 0 Å². The molecule has 3 heteroatoms. The molecular weight excluding hydrogens is 156 g/mol. The SMILES string of the molecule is C=CCOCCC1(C)OCCO1. The van der Waals surface area contributed by atoms with E-state index in [2.05, 4.69) is 6.58 Å². The Labute approximate surface area is 73.3 Å². The largest absolute Gasteiger partial charge is 0.377 e. The lowest BCUT2D eigenvalue weighted by atomic mass is 10.2. The number of ether oxygens (including phenoxy) is 3. The van der Waals surface area contributed by atoms with Crippen LogP contribution in [-0.4, -0.2) is 32.2 Å². The molecule has 70 valence electrons. The van der Waals surface area contributed by atoms with Crippen LogP contribution in [0.25, 0.3) is 0 Å². The van der Waals surface area contributed by atoms with Gasteiger partial charge in [0.15, 0.2) is 5.79 Å². The van der Waals surface area contributed by atoms with Crippen molar-refractivity contribution in [1.29, 1.82) is 0 Å². The predicted molar refractivity (Wildman–Crippen MR) is 45.9 cm³/mol. The number of hydrogen-bond donors (Lipinski definition) is 0. The van der Waals surface area contributed by atoms with Gasteiger partial charge in [-0.1, -0.05) is 6.08 Å². The molecule has 0 N–H and O–H groups in total. The minimum atomic E-state index is -0.416. The first-order valence-electron chi connectivity index (χ1n) is 4.23. The highest BCUT2D eigenvalue weighted by Gasteiger charge is 2.30. The van der Waals surface area contributed by atoms with Gasteiger partial charge in [0.2, 0.25) is 0 Å². The molecule has 12 heavy (non-hydrogen) atoms. The average molecular weight is 172 g/mol. The first-order valence-corrected chi connectivity index (χ1v) is 4.23. The van der Waals surface area contributed by atoms with Gasteiger partial charge >= 0.3 is 0 Å². The van der Waals surface area contributed by atoms with Crippen LogP contribution in [-0.2, 0) is 14.2 Å². The van der Waals surface area contributed by atoms with E-state index in [-0.39, 0.29) is 0 Å². The molecule has 1 aliphatic heterocycles. The summed E-state index contributed by atoms with van der Waals surface area (Å²) in [6, 6.07) is 0. The van der Waals surface area contributed by atoms with E-state index in [0.717, 1.165) is 6.42 Å². The van der Waals surface area contributed by atoms with Gasteiger partial charge in [-0.05, 0) is 6.92 Å². The van der Waals surface area contributed by atoms with Gasteiger partial charge in [-0.2, -0.15) is 0 Å². The van der Waals surface area contributed by atoms with E-state index < -0.39 is 5.79 Å². The van der Waals surface area contributed by atoms with Crippen LogP contribution in [0.1, 0.15) is 13.3 Å². The lowest BCUT2D eigenvalue weighted by molar-refractivity contribution is -0.154. The standard InChI is InChI=1S/C9H16O3/c1-3-5-10-6-4-9(2)11-7-8-12-9/h3H,1,4-8H2,2H3. The zero-order chi connectivity index (χ0) is 8.86. The molecule has 1 rings (SSSR count). The summed E-state index contributed by atoms with van der Waals surface area (Å²) < 4.78 is 16.0. The fourth-order valence-electron chi connectivity index (χ4n) is 1.13. The Kier molecular flexibility index (Phi) is 3.72. The van der Waals surface area contributed by atoms with Gasteiger partial charge in [-0.15, -0.1) is 6.58 Å². The highest BCUT2D eigenvalue weighted by atomic mass is 16.7. The molecule has 0 atom stereocenters. The van der Waals surface area contributed by atoms with E-state index in [1.54, 1.807) is 6.08 Å². The zero-order valence-corrected chi connectivity index (χ0v) is 7.54. The topological polar surface area (TPSA) is 27.7 Å². The van der Waals surface area contributed by atoms with Crippen LogP contribution in [0.2, 0.25) is 0 Å². The molecule has 0 aromatic heterocycles. The summed E-state index contributed by atoms with van der Waals surface area (Å²) in [4.78, 5) is 0. The molecule has 0 aromatic rings. The maximum Gasteiger partial charge on any atom is 0.167 e. The third-order valence-corrected chi connectivity index (χ3v) is 1.83. The van der Waals surface area contributed by atoms with Crippen LogP contribution in [0.4, 0.5) is 0 Å². The molecule has 0 aromatic carbocycles. The van der Waals surface area contributed by atoms with E-state index in [1.165, 1.54) is 0 Å². The van der Waals surface area contributed by atoms with Crippen LogP contribution in [0.5, 0.6) is 0 Å². The van der Waals surface area contributed by atoms with Crippen LogP contribution >= 0.6 is 0 Å². The molecular formula is C9H16O3. The third-order valence-electron chi connectivity index (χ3n) is 1.83. The maximum absolute atomic E-state index is 5.39. The predicted octanol–water partition coefficient (Wildman–Crippen LogP) is 1.34. The second-order valence-electron chi connectivity index (χ2n) is 2.94. The maximum atomic E-state index is 5.39. The molecule has 0 aliphatic carbocycles. The summed E-state index contributed by atoms with van der Waals surface area (Å²) in [5.41, 5.74) is 0. The van der Waals surface area contributed by atoms with Gasteiger partial charge < -0.3 is 14.2 Å². The van der Waals surface area contributed by atoms with Crippen molar-refractivity contribution in [2.75, 3.05) is 26.4 Å². The van der Waals surface area contributed by atoms with Gasteiger partial charge in [-0.3, -0.25) is 0 Å². The van der Waals surface area contributed by atoms with E-state index in [4.69, 9.17) is 14.2 Å². The molecule has 0 unspecified atom stereocenters. The fourth-order valence-corrected chi connectivity index (χ4v) is 1.13. The Morgan fingerprint density at radius 2 is 2.17 bits per heavy atom. The number of rotatable bonds is 5. The minimum Gasteiger partial charge on any atom is -0.377 e. The molecule has 1 aliphatic rings. The van der Waals surface area contributed by atoms with Crippen molar-refractivity contribution in [1.82, 2.24) is 0 Å². The normalized spacial score (nSPS) is 21.1. The Hall–Kier alpha value is -0.380. The second kappa shape index (κ2) is 4.60. The van der Waals surface area contributed by atoms with Gasteiger partial charge in [0.1, 0.15) is 0 Å². The smallest absolute Gasteiger partial charge is 0.167 e. The van der Waals surface area contributed by atoms with Crippen molar-refractivity contribution in [3.8, 4) is 0 Å². The molecule has 0 bridgehead atoms. The highest BCUT2D eigenvalue weighted by molar-refractivity contribution is 4.69. The van der Waals surface area contributed by atoms with Gasteiger partial charge in [-0.25, -0.2) is 0 Å². The second-order valence-corrected chi connectivity index (χ2v) is 2.94. The monoisotopic (exact) mass is 172 g/mol. The molecule has 0 spiro atoms. The fraction of sp³-hybridized carbons (Fsp3) is 0.778. The minimum absolute atomic E-state index is 0.416. The molecule has 1 heterocycles. The van der Waals surface area contributed by atoms with E-state index >= 15 is 0 Å². The van der Waals surface area contributed by atoms with Gasteiger partial charge in [0.05, 0.1) is 26.4 Å². The van der Waals surface area contributed by atoms with Crippen LogP contribution in [0.15, 0.2) is 12.7 Å². The lowest BCUT2D eigenvalue weighted by Gasteiger charge is -2.21. The highest BCUT2D eigenvalue weighted by Crippen LogP contribution is 2.21. The van der Waals surface area contributed by atoms with Crippen molar-refractivity contribution in [2.24, 2.45) is 0 Å². The van der Waals surface area contributed by atoms with Gasteiger partial charge in [0.25, 0.3) is 0 Å². The molecule has 0 amide bonds. The van der Waals surface area contributed by atoms with Crippen LogP contribution in [0.3, 0.4) is 0 Å². The van der Waals surface area contributed by atoms with Crippen molar-refractivity contribution < 1.29 is 14.2 Å². The first-order chi connectivity index (χ1) is 5.77. The van der Waals surface area contributed by atoms with Crippen LogP contribution < -0.4 is 0 Å². The third kappa shape index (κ3) is 2.93. The quantitative estimate of drug-likeness (QED) is 0.462. The molecule has 0 saturated carbocycles. The summed E-state index contributed by atoms with van der Waals surface area (Å²) >= 11 is 0. The summed E-state index contributed by atoms with van der Waals surface area (Å²) in [7, 11) is 0. The molecule has 1 fully saturated rings. The zero-order valence-electron chi connectivity index (χ0n) is 7.54. The summed E-state index contributed by atoms with van der Waals surface area (Å²) in [5, 5.41) is 0. The van der Waals surface area contributed by atoms with Crippen LogP contribution in [0, 0.1) is 0 Å². The Morgan fingerprint density at radius 3 is 2.75 bits per heavy atom. The lowest BCUT2D eigenvalue weighted by Crippen LogP contribution is -2.27. The summed E-state index contributed by atoms with van der Waals surface area (Å²) in [6.45, 7) is 8.14. The van der Waals surface area contributed by atoms with Crippen molar-refractivity contribution in [3.63, 3.8) is 0 Å². The van der Waals surface area contributed by atoms with Gasteiger partial charge in [0, 0.05) is 6.42 Å². The Bertz CT molecular complexity index is 139. The Morgan fingerprint density at radius 1 is 1.50 bits per heavy atom. The van der Waals surface area contributed by atoms with E-state index in [0.29, 0.717) is 26.4 Å². The van der Waals surface area contributed by atoms with E-state index in [9.17, 15) is 0 Å². The molecule has 0 radical (unpaired) electrons. The first kappa shape index (κ1) is 9.71. The Balaban J connectivity index is 2.08. The average Bonchev–Trinajstić information content (AvgIpc) is 2.47. The number of hydrogen-bond acceptors (Lipinski definition) is 3. The van der Waals surface area contributed by atoms with Crippen molar-refractivity contribution in [2.45, 2.75) is 19.1 Å². The summed E-state index contributed by atoms with van der Waals surface area (Å²) in [5.74, 6) is -0.416. The van der Waals surface area contributed by atoms with E-state index in [1.807, 2.05) is 6.92 Å². The summed E-state index contributed by atoms with van der Waals surface area (Å²) in [6.07, 6.45) is 2.51.